The summed E-state index contributed by atoms with van der Waals surface area (Å²) in [6.07, 6.45) is 2.03. The summed E-state index contributed by atoms with van der Waals surface area (Å²) in [4.78, 5) is 43.2. The molecule has 2 atom stereocenters. The molecule has 0 bridgehead atoms. The zero-order valence-electron chi connectivity index (χ0n) is 15.2. The molecule has 0 saturated carbocycles. The fraction of sp³-hybridized carbons (Fsp3) is 0.526. The van der Waals surface area contributed by atoms with Gasteiger partial charge in [0, 0.05) is 31.4 Å². The molecule has 3 aliphatic rings. The highest BCUT2D eigenvalue weighted by molar-refractivity contribution is 6.31. The first kappa shape index (κ1) is 17.3. The molecule has 0 aliphatic carbocycles. The number of urea groups is 1. The number of hydrogen-bond acceptors (Lipinski definition) is 4. The van der Waals surface area contributed by atoms with Gasteiger partial charge in [-0.2, -0.15) is 0 Å². The molecule has 7 heteroatoms. The van der Waals surface area contributed by atoms with Crippen LogP contribution >= 0.6 is 11.6 Å². The van der Waals surface area contributed by atoms with Crippen LogP contribution < -0.4 is 4.90 Å². The molecule has 2 fully saturated rings. The normalized spacial score (nSPS) is 27.7. The van der Waals surface area contributed by atoms with E-state index in [1.54, 1.807) is 6.07 Å². The van der Waals surface area contributed by atoms with Crippen LogP contribution in [0.5, 0.6) is 0 Å². The maximum Gasteiger partial charge on any atom is 0.332 e. The number of rotatable bonds is 0. The van der Waals surface area contributed by atoms with E-state index in [1.807, 2.05) is 12.1 Å². The molecule has 138 valence electrons. The van der Waals surface area contributed by atoms with Gasteiger partial charge in [-0.3, -0.25) is 19.4 Å². The van der Waals surface area contributed by atoms with Crippen molar-refractivity contribution in [3.05, 3.63) is 28.8 Å². The van der Waals surface area contributed by atoms with Gasteiger partial charge < -0.3 is 4.90 Å². The van der Waals surface area contributed by atoms with Crippen molar-refractivity contribution >= 4 is 35.1 Å². The lowest BCUT2D eigenvalue weighted by Gasteiger charge is -2.55. The van der Waals surface area contributed by atoms with E-state index >= 15 is 0 Å². The minimum Gasteiger partial charge on any atom is -0.367 e. The molecule has 6 nitrogen and oxygen atoms in total. The second-order valence-corrected chi connectivity index (χ2v) is 8.21. The Bertz CT molecular complexity index is 800. The Morgan fingerprint density at radius 1 is 1.12 bits per heavy atom. The number of halogens is 1. The summed E-state index contributed by atoms with van der Waals surface area (Å²) in [5, 5.41) is 0.641. The van der Waals surface area contributed by atoms with Crippen LogP contribution in [0.2, 0.25) is 5.02 Å². The second kappa shape index (κ2) is 5.71. The molecule has 0 radical (unpaired) electrons. The number of benzene rings is 1. The van der Waals surface area contributed by atoms with E-state index in [0.717, 1.165) is 40.4 Å². The van der Waals surface area contributed by atoms with Gasteiger partial charge in [0.25, 0.3) is 0 Å². The predicted octanol–water partition coefficient (Wildman–Crippen LogP) is 2.54. The number of barbiturate groups is 1. The molecule has 2 saturated heterocycles. The van der Waals surface area contributed by atoms with Gasteiger partial charge in [0.15, 0.2) is 5.41 Å². The maximum atomic E-state index is 13.3. The van der Waals surface area contributed by atoms with E-state index in [1.165, 1.54) is 14.1 Å². The highest BCUT2D eigenvalue weighted by Crippen LogP contribution is 2.49. The van der Waals surface area contributed by atoms with Gasteiger partial charge >= 0.3 is 6.03 Å². The van der Waals surface area contributed by atoms with Crippen LogP contribution in [0.15, 0.2) is 18.2 Å². The first-order valence-corrected chi connectivity index (χ1v) is 9.30. The lowest BCUT2D eigenvalue weighted by Crippen LogP contribution is -2.72. The molecule has 0 unspecified atom stereocenters. The third-order valence-electron chi connectivity index (χ3n) is 6.21. The molecule has 0 N–H and O–H groups in total. The van der Waals surface area contributed by atoms with Crippen LogP contribution in [0.1, 0.15) is 25.3 Å². The van der Waals surface area contributed by atoms with Crippen LogP contribution in [-0.4, -0.2) is 54.3 Å². The molecule has 1 spiro atoms. The first-order valence-electron chi connectivity index (χ1n) is 8.92. The van der Waals surface area contributed by atoms with Crippen LogP contribution in [-0.2, 0) is 16.0 Å². The van der Waals surface area contributed by atoms with Crippen molar-refractivity contribution in [2.75, 3.05) is 25.5 Å². The number of hydrogen-bond donors (Lipinski definition) is 0. The molecule has 3 aliphatic heterocycles. The Hall–Kier alpha value is -2.08. The van der Waals surface area contributed by atoms with Gasteiger partial charge in [-0.05, 0) is 42.9 Å². The summed E-state index contributed by atoms with van der Waals surface area (Å²) in [6.45, 7) is 2.91. The second-order valence-electron chi connectivity index (χ2n) is 7.77. The summed E-state index contributed by atoms with van der Waals surface area (Å²) in [7, 11) is 2.92. The summed E-state index contributed by atoms with van der Waals surface area (Å²) in [5.74, 6) is -0.381. The van der Waals surface area contributed by atoms with Gasteiger partial charge in [0.05, 0.1) is 6.04 Å². The summed E-state index contributed by atoms with van der Waals surface area (Å²) in [6, 6.07) is 4.77. The third-order valence-corrected chi connectivity index (χ3v) is 6.44. The van der Waals surface area contributed by atoms with E-state index in [-0.39, 0.29) is 6.04 Å². The maximum absolute atomic E-state index is 13.3. The Labute approximate surface area is 157 Å². The standard InChI is InChI=1S/C19H22ClN3O3/c1-11-6-7-23-14-9-13(20)5-4-12(14)10-19(15(23)8-11)16(24)21(2)18(26)22(3)17(19)25/h4-5,9,11,15H,6-8,10H2,1-3H3/t11-,15-/m1/s1. The number of imide groups is 2. The average Bonchev–Trinajstić information content (AvgIpc) is 2.63. The van der Waals surface area contributed by atoms with E-state index in [4.69, 9.17) is 11.6 Å². The SMILES string of the molecule is C[C@@H]1CCN2c3cc(Cl)ccc3CC3(C(=O)N(C)C(=O)N(C)C3=O)[C@H]2C1. The molecular formula is C19H22ClN3O3. The summed E-state index contributed by atoms with van der Waals surface area (Å²) < 4.78 is 0. The third kappa shape index (κ3) is 2.14. The Kier molecular flexibility index (Phi) is 3.81. The van der Waals surface area contributed by atoms with Crippen LogP contribution in [0, 0.1) is 11.3 Å². The van der Waals surface area contributed by atoms with Crippen molar-refractivity contribution < 1.29 is 14.4 Å². The lowest BCUT2D eigenvalue weighted by molar-refractivity contribution is -0.160. The molecule has 1 aromatic rings. The zero-order valence-corrected chi connectivity index (χ0v) is 15.9. The summed E-state index contributed by atoms with van der Waals surface area (Å²) in [5.41, 5.74) is 0.674. The number of anilines is 1. The molecule has 3 heterocycles. The number of nitrogens with zero attached hydrogens (tertiary/aromatic N) is 3. The van der Waals surface area contributed by atoms with Crippen molar-refractivity contribution in [2.45, 2.75) is 32.2 Å². The molecule has 1 aromatic carbocycles. The van der Waals surface area contributed by atoms with Crippen LogP contribution in [0.25, 0.3) is 0 Å². The smallest absolute Gasteiger partial charge is 0.332 e. The minimum atomic E-state index is -1.26. The topological polar surface area (TPSA) is 60.9 Å². The fourth-order valence-electron chi connectivity index (χ4n) is 4.79. The van der Waals surface area contributed by atoms with Crippen molar-refractivity contribution in [3.8, 4) is 0 Å². The van der Waals surface area contributed by atoms with Gasteiger partial charge in [-0.25, -0.2) is 4.79 Å². The molecule has 26 heavy (non-hydrogen) atoms. The Morgan fingerprint density at radius 3 is 2.42 bits per heavy atom. The van der Waals surface area contributed by atoms with Crippen molar-refractivity contribution in [1.29, 1.82) is 0 Å². The quantitative estimate of drug-likeness (QED) is 0.654. The number of piperidine rings is 1. The Morgan fingerprint density at radius 2 is 1.77 bits per heavy atom. The predicted molar refractivity (Wildman–Crippen MR) is 98.1 cm³/mol. The van der Waals surface area contributed by atoms with Gasteiger partial charge in [-0.15, -0.1) is 0 Å². The number of fused-ring (bicyclic) bond motifs is 4. The molecular weight excluding hydrogens is 354 g/mol. The van der Waals surface area contributed by atoms with Crippen molar-refractivity contribution in [3.63, 3.8) is 0 Å². The fourth-order valence-corrected chi connectivity index (χ4v) is 4.96. The largest absolute Gasteiger partial charge is 0.367 e. The van der Waals surface area contributed by atoms with Gasteiger partial charge in [-0.1, -0.05) is 24.6 Å². The van der Waals surface area contributed by atoms with E-state index in [2.05, 4.69) is 11.8 Å². The average molecular weight is 376 g/mol. The van der Waals surface area contributed by atoms with E-state index in [0.29, 0.717) is 17.4 Å². The number of amides is 4. The monoisotopic (exact) mass is 375 g/mol. The highest BCUT2D eigenvalue weighted by Gasteiger charge is 2.63. The Balaban J connectivity index is 1.92. The van der Waals surface area contributed by atoms with Gasteiger partial charge in [0.1, 0.15) is 0 Å². The van der Waals surface area contributed by atoms with Crippen LogP contribution in [0.3, 0.4) is 0 Å². The van der Waals surface area contributed by atoms with E-state index < -0.39 is 23.3 Å². The van der Waals surface area contributed by atoms with Crippen molar-refractivity contribution in [1.82, 2.24) is 9.80 Å². The first-order chi connectivity index (χ1) is 12.3. The molecule has 0 aromatic heterocycles. The highest BCUT2D eigenvalue weighted by atomic mass is 35.5. The minimum absolute atomic E-state index is 0.268. The molecule has 4 rings (SSSR count). The van der Waals surface area contributed by atoms with Gasteiger partial charge in [0.2, 0.25) is 11.8 Å². The summed E-state index contributed by atoms with van der Waals surface area (Å²) >= 11 is 6.21. The zero-order chi connectivity index (χ0) is 18.8. The van der Waals surface area contributed by atoms with Crippen molar-refractivity contribution in [2.24, 2.45) is 11.3 Å². The number of carbonyl (C=O) groups excluding carboxylic acids is 3. The van der Waals surface area contributed by atoms with E-state index in [9.17, 15) is 14.4 Å². The molecule has 4 amide bonds. The number of carbonyl (C=O) groups is 3. The lowest BCUT2D eigenvalue weighted by atomic mass is 9.64. The van der Waals surface area contributed by atoms with Crippen LogP contribution in [0.4, 0.5) is 10.5 Å².